The van der Waals surface area contributed by atoms with Crippen molar-refractivity contribution in [2.24, 2.45) is 0 Å². The number of hydrogen-bond acceptors (Lipinski definition) is 4. The van der Waals surface area contributed by atoms with Crippen molar-refractivity contribution in [2.75, 3.05) is 0 Å². The average molecular weight is 206 g/mol. The summed E-state index contributed by atoms with van der Waals surface area (Å²) in [7, 11) is 0. The van der Waals surface area contributed by atoms with Crippen LogP contribution in [0.1, 0.15) is 32.7 Å². The molecule has 80 valence electrons. The van der Waals surface area contributed by atoms with E-state index in [-0.39, 0.29) is 5.82 Å². The number of alkyl halides is 2. The molecule has 0 fully saturated rings. The number of aliphatic hydroxyl groups excluding tert-OH is 1. The molecular weight excluding hydrogens is 194 g/mol. The van der Waals surface area contributed by atoms with E-state index in [1.807, 2.05) is 0 Å². The van der Waals surface area contributed by atoms with E-state index >= 15 is 0 Å². The van der Waals surface area contributed by atoms with Crippen LogP contribution in [0.5, 0.6) is 0 Å². The lowest BCUT2D eigenvalue weighted by Gasteiger charge is -2.15. The van der Waals surface area contributed by atoms with Crippen LogP contribution in [0.15, 0.2) is 0 Å². The van der Waals surface area contributed by atoms with E-state index in [2.05, 4.69) is 15.4 Å². The van der Waals surface area contributed by atoms with Crippen LogP contribution in [0.25, 0.3) is 0 Å². The van der Waals surface area contributed by atoms with Crippen LogP contribution in [-0.2, 0) is 5.54 Å². The standard InChI is InChI=1S/C7H12F2N4O/c1-7(2,3)13-11-6(10-12-13)4(14)5(8)9/h4-5,14H,1-3H3. The summed E-state index contributed by atoms with van der Waals surface area (Å²) in [5.74, 6) is -0.352. The minimum Gasteiger partial charge on any atom is -0.379 e. The van der Waals surface area contributed by atoms with E-state index in [0.717, 1.165) is 0 Å². The second-order valence-corrected chi connectivity index (χ2v) is 3.89. The second-order valence-electron chi connectivity index (χ2n) is 3.89. The van der Waals surface area contributed by atoms with Crippen molar-refractivity contribution in [3.05, 3.63) is 5.82 Å². The quantitative estimate of drug-likeness (QED) is 0.774. The fraction of sp³-hybridized carbons (Fsp3) is 0.857. The molecule has 1 atom stereocenters. The van der Waals surface area contributed by atoms with Crippen molar-refractivity contribution in [3.63, 3.8) is 0 Å². The zero-order chi connectivity index (χ0) is 10.9. The molecule has 0 aromatic carbocycles. The molecule has 1 N–H and O–H groups in total. The summed E-state index contributed by atoms with van der Waals surface area (Å²) in [5.41, 5.74) is -0.437. The van der Waals surface area contributed by atoms with E-state index in [0.29, 0.717) is 0 Å². The summed E-state index contributed by atoms with van der Waals surface area (Å²) < 4.78 is 24.1. The third-order valence-corrected chi connectivity index (χ3v) is 1.53. The Bertz CT molecular complexity index is 307. The van der Waals surface area contributed by atoms with E-state index in [1.165, 1.54) is 4.80 Å². The maximum Gasteiger partial charge on any atom is 0.271 e. The number of aliphatic hydroxyl groups is 1. The van der Waals surface area contributed by atoms with E-state index < -0.39 is 18.1 Å². The largest absolute Gasteiger partial charge is 0.379 e. The number of halogens is 2. The molecule has 1 aromatic rings. The fourth-order valence-corrected chi connectivity index (χ4v) is 0.740. The zero-order valence-electron chi connectivity index (χ0n) is 8.15. The van der Waals surface area contributed by atoms with Crippen molar-refractivity contribution in [2.45, 2.75) is 38.8 Å². The predicted octanol–water partition coefficient (Wildman–Crippen LogP) is 0.727. The summed E-state index contributed by atoms with van der Waals surface area (Å²) in [6, 6.07) is 0. The Morgan fingerprint density at radius 2 is 1.93 bits per heavy atom. The Balaban J connectivity index is 2.89. The number of nitrogens with zero attached hydrogens (tertiary/aromatic N) is 4. The molecule has 0 aliphatic rings. The van der Waals surface area contributed by atoms with Gasteiger partial charge in [-0.15, -0.1) is 10.2 Å². The molecule has 0 amide bonds. The number of tetrazole rings is 1. The summed E-state index contributed by atoms with van der Waals surface area (Å²) >= 11 is 0. The second kappa shape index (κ2) is 3.56. The van der Waals surface area contributed by atoms with Crippen LogP contribution in [0.2, 0.25) is 0 Å². The van der Waals surface area contributed by atoms with Crippen molar-refractivity contribution < 1.29 is 13.9 Å². The summed E-state index contributed by atoms with van der Waals surface area (Å²) in [6.07, 6.45) is -4.86. The monoisotopic (exact) mass is 206 g/mol. The molecule has 1 aromatic heterocycles. The van der Waals surface area contributed by atoms with E-state index in [9.17, 15) is 8.78 Å². The van der Waals surface area contributed by atoms with E-state index in [4.69, 9.17) is 5.11 Å². The van der Waals surface area contributed by atoms with Crippen molar-refractivity contribution in [1.82, 2.24) is 20.2 Å². The minimum atomic E-state index is -2.90. The van der Waals surface area contributed by atoms with Gasteiger partial charge in [0, 0.05) is 0 Å². The Labute approximate surface area is 79.7 Å². The molecule has 1 rings (SSSR count). The van der Waals surface area contributed by atoms with Gasteiger partial charge in [-0.25, -0.2) is 8.78 Å². The van der Waals surface area contributed by atoms with Gasteiger partial charge < -0.3 is 5.11 Å². The van der Waals surface area contributed by atoms with Crippen LogP contribution in [0, 0.1) is 0 Å². The molecule has 0 radical (unpaired) electrons. The van der Waals surface area contributed by atoms with Crippen molar-refractivity contribution >= 4 is 0 Å². The molecule has 1 unspecified atom stereocenters. The molecule has 7 heteroatoms. The van der Waals surface area contributed by atoms with Crippen molar-refractivity contribution in [3.8, 4) is 0 Å². The predicted molar refractivity (Wildman–Crippen MR) is 43.8 cm³/mol. The minimum absolute atomic E-state index is 0.352. The highest BCUT2D eigenvalue weighted by Crippen LogP contribution is 2.17. The number of rotatable bonds is 2. The highest BCUT2D eigenvalue weighted by Gasteiger charge is 2.26. The first-order valence-corrected chi connectivity index (χ1v) is 4.09. The molecule has 0 saturated heterocycles. The maximum absolute atomic E-state index is 12.1. The zero-order valence-corrected chi connectivity index (χ0v) is 8.15. The lowest BCUT2D eigenvalue weighted by molar-refractivity contribution is -0.0112. The van der Waals surface area contributed by atoms with Gasteiger partial charge in [0.15, 0.2) is 6.10 Å². The Morgan fingerprint density at radius 1 is 1.36 bits per heavy atom. The SMILES string of the molecule is CC(C)(C)n1nnc(C(O)C(F)F)n1. The molecule has 5 nitrogen and oxygen atoms in total. The summed E-state index contributed by atoms with van der Waals surface area (Å²) in [5, 5.41) is 19.5. The first-order chi connectivity index (χ1) is 6.32. The third-order valence-electron chi connectivity index (χ3n) is 1.53. The Hall–Kier alpha value is -1.11. The van der Waals surface area contributed by atoms with Gasteiger partial charge in [-0.3, -0.25) is 0 Å². The van der Waals surface area contributed by atoms with Gasteiger partial charge in [0.1, 0.15) is 0 Å². The average Bonchev–Trinajstić information content (AvgIpc) is 2.49. The van der Waals surface area contributed by atoms with Crippen LogP contribution in [0.3, 0.4) is 0 Å². The number of aromatic nitrogens is 4. The fourth-order valence-electron chi connectivity index (χ4n) is 0.740. The highest BCUT2D eigenvalue weighted by atomic mass is 19.3. The highest BCUT2D eigenvalue weighted by molar-refractivity contribution is 4.86. The summed E-state index contributed by atoms with van der Waals surface area (Å²) in [4.78, 5) is 1.19. The van der Waals surface area contributed by atoms with Crippen LogP contribution >= 0.6 is 0 Å². The van der Waals surface area contributed by atoms with Gasteiger partial charge in [0.2, 0.25) is 5.82 Å². The lowest BCUT2D eigenvalue weighted by atomic mass is 10.1. The molecule has 14 heavy (non-hydrogen) atoms. The van der Waals surface area contributed by atoms with Gasteiger partial charge in [-0.2, -0.15) is 4.80 Å². The molecule has 0 aliphatic heterocycles. The van der Waals surface area contributed by atoms with Crippen LogP contribution in [-0.4, -0.2) is 31.7 Å². The van der Waals surface area contributed by atoms with Crippen LogP contribution < -0.4 is 0 Å². The van der Waals surface area contributed by atoms with Gasteiger partial charge >= 0.3 is 0 Å². The smallest absolute Gasteiger partial charge is 0.271 e. The molecule has 1 heterocycles. The van der Waals surface area contributed by atoms with E-state index in [1.54, 1.807) is 20.8 Å². The molecule has 0 aliphatic carbocycles. The topological polar surface area (TPSA) is 63.8 Å². The lowest BCUT2D eigenvalue weighted by Crippen LogP contribution is -2.25. The molecule has 0 bridgehead atoms. The molecular formula is C7H12F2N4O. The first kappa shape index (κ1) is 11.0. The normalized spacial score (nSPS) is 14.8. The molecule has 0 spiro atoms. The Kier molecular flexibility index (Phi) is 2.79. The Morgan fingerprint density at radius 3 is 2.29 bits per heavy atom. The molecule has 0 saturated carbocycles. The van der Waals surface area contributed by atoms with Crippen LogP contribution in [0.4, 0.5) is 8.78 Å². The maximum atomic E-state index is 12.1. The number of hydrogen-bond donors (Lipinski definition) is 1. The van der Waals surface area contributed by atoms with Gasteiger partial charge in [0.25, 0.3) is 6.43 Å². The third kappa shape index (κ3) is 2.22. The van der Waals surface area contributed by atoms with Gasteiger partial charge in [0.05, 0.1) is 5.54 Å². The first-order valence-electron chi connectivity index (χ1n) is 4.09. The van der Waals surface area contributed by atoms with Crippen molar-refractivity contribution in [1.29, 1.82) is 0 Å². The van der Waals surface area contributed by atoms with Gasteiger partial charge in [-0.05, 0) is 26.0 Å². The summed E-state index contributed by atoms with van der Waals surface area (Å²) in [6.45, 7) is 5.40. The van der Waals surface area contributed by atoms with Gasteiger partial charge in [-0.1, -0.05) is 0 Å².